The fraction of sp³-hybridized carbons (Fsp3) is 0.150. The van der Waals surface area contributed by atoms with Crippen LogP contribution in [0.2, 0.25) is 0 Å². The Bertz CT molecular complexity index is 979. The molecule has 5 nitrogen and oxygen atoms in total. The molecule has 0 fully saturated rings. The van der Waals surface area contributed by atoms with Crippen LogP contribution in [0.4, 0.5) is 5.13 Å². The lowest BCUT2D eigenvalue weighted by atomic mass is 10.1. The molecule has 1 amide bonds. The number of nitriles is 1. The molecule has 0 saturated carbocycles. The summed E-state index contributed by atoms with van der Waals surface area (Å²) in [5.74, 6) is -0.449. The van der Waals surface area contributed by atoms with Crippen LogP contribution in [0.1, 0.15) is 22.5 Å². The Balaban J connectivity index is 1.86. The van der Waals surface area contributed by atoms with Crippen molar-refractivity contribution >= 4 is 28.5 Å². The van der Waals surface area contributed by atoms with E-state index in [0.717, 1.165) is 23.5 Å². The number of aromatic nitrogens is 2. The predicted molar refractivity (Wildman–Crippen MR) is 104 cm³/mol. The van der Waals surface area contributed by atoms with Gasteiger partial charge in [-0.25, -0.2) is 4.98 Å². The molecule has 0 aliphatic rings. The van der Waals surface area contributed by atoms with Gasteiger partial charge in [0.1, 0.15) is 11.6 Å². The van der Waals surface area contributed by atoms with E-state index in [2.05, 4.69) is 27.0 Å². The van der Waals surface area contributed by atoms with E-state index in [4.69, 9.17) is 0 Å². The van der Waals surface area contributed by atoms with Gasteiger partial charge in [0.25, 0.3) is 5.91 Å². The number of hydrogen-bond acceptors (Lipinski definition) is 4. The molecule has 0 aliphatic heterocycles. The molecule has 1 N–H and O–H groups in total. The maximum absolute atomic E-state index is 12.3. The second kappa shape index (κ2) is 7.81. The molecular weight excluding hydrogens is 344 g/mol. The van der Waals surface area contributed by atoms with Crippen LogP contribution in [0.25, 0.3) is 6.08 Å². The number of aryl methyl sites for hydroxylation is 1. The molecule has 0 saturated heterocycles. The van der Waals surface area contributed by atoms with Gasteiger partial charge in [0.15, 0.2) is 5.13 Å². The number of nitrogens with zero attached hydrogens (tertiary/aromatic N) is 3. The SMILES string of the molecule is Cc1cc(/C=C(/C#N)C(=O)Nc2nccs2)c(C)n1Cc1ccccc1. The largest absolute Gasteiger partial charge is 0.344 e. The summed E-state index contributed by atoms with van der Waals surface area (Å²) in [4.78, 5) is 16.3. The Morgan fingerprint density at radius 3 is 2.77 bits per heavy atom. The summed E-state index contributed by atoms with van der Waals surface area (Å²) >= 11 is 1.31. The number of hydrogen-bond donors (Lipinski definition) is 1. The molecule has 0 atom stereocenters. The fourth-order valence-electron chi connectivity index (χ4n) is 2.74. The third-order valence-electron chi connectivity index (χ3n) is 4.11. The van der Waals surface area contributed by atoms with Crippen LogP contribution in [0, 0.1) is 25.2 Å². The van der Waals surface area contributed by atoms with Crippen LogP contribution < -0.4 is 5.32 Å². The van der Waals surface area contributed by atoms with E-state index in [1.165, 1.54) is 16.9 Å². The van der Waals surface area contributed by atoms with E-state index in [1.807, 2.05) is 44.2 Å². The molecule has 0 spiro atoms. The van der Waals surface area contributed by atoms with E-state index >= 15 is 0 Å². The topological polar surface area (TPSA) is 70.7 Å². The van der Waals surface area contributed by atoms with Gasteiger partial charge in [-0.3, -0.25) is 10.1 Å². The first kappa shape index (κ1) is 17.6. The number of carbonyl (C=O) groups is 1. The van der Waals surface area contributed by atoms with Gasteiger partial charge in [0.2, 0.25) is 0 Å². The van der Waals surface area contributed by atoms with Crippen molar-refractivity contribution in [2.45, 2.75) is 20.4 Å². The van der Waals surface area contributed by atoms with Gasteiger partial charge in [-0.2, -0.15) is 5.26 Å². The molecule has 0 radical (unpaired) electrons. The van der Waals surface area contributed by atoms with Gasteiger partial charge >= 0.3 is 0 Å². The van der Waals surface area contributed by atoms with Gasteiger partial charge < -0.3 is 4.57 Å². The highest BCUT2D eigenvalue weighted by Gasteiger charge is 2.14. The first-order valence-electron chi connectivity index (χ1n) is 8.12. The average molecular weight is 362 g/mol. The number of nitrogens with one attached hydrogen (secondary N) is 1. The summed E-state index contributed by atoms with van der Waals surface area (Å²) in [5.41, 5.74) is 4.22. The molecular formula is C20H18N4OS. The first-order chi connectivity index (χ1) is 12.6. The lowest BCUT2D eigenvalue weighted by Crippen LogP contribution is -2.13. The van der Waals surface area contributed by atoms with Crippen molar-refractivity contribution in [2.24, 2.45) is 0 Å². The Hall–Kier alpha value is -3.17. The summed E-state index contributed by atoms with van der Waals surface area (Å²) in [5, 5.41) is 14.3. The fourth-order valence-corrected chi connectivity index (χ4v) is 3.26. The Morgan fingerprint density at radius 2 is 2.12 bits per heavy atom. The van der Waals surface area contributed by atoms with Crippen molar-refractivity contribution in [3.63, 3.8) is 0 Å². The minimum atomic E-state index is -0.449. The summed E-state index contributed by atoms with van der Waals surface area (Å²) < 4.78 is 2.18. The maximum Gasteiger partial charge on any atom is 0.268 e. The molecule has 3 rings (SSSR count). The molecule has 1 aromatic carbocycles. The normalized spacial score (nSPS) is 11.2. The van der Waals surface area contributed by atoms with Gasteiger partial charge in [-0.1, -0.05) is 30.3 Å². The second-order valence-electron chi connectivity index (χ2n) is 5.86. The smallest absolute Gasteiger partial charge is 0.268 e. The van der Waals surface area contributed by atoms with E-state index in [1.54, 1.807) is 17.7 Å². The van der Waals surface area contributed by atoms with Crippen molar-refractivity contribution in [3.8, 4) is 6.07 Å². The zero-order valence-corrected chi connectivity index (χ0v) is 15.4. The van der Waals surface area contributed by atoms with Crippen LogP contribution >= 0.6 is 11.3 Å². The van der Waals surface area contributed by atoms with Gasteiger partial charge in [0.05, 0.1) is 0 Å². The Kier molecular flexibility index (Phi) is 5.30. The highest BCUT2D eigenvalue weighted by atomic mass is 32.1. The standard InChI is InChI=1S/C20H18N4OS/c1-14-10-17(15(2)24(14)13-16-6-4-3-5-7-16)11-18(12-21)19(25)23-20-22-8-9-26-20/h3-11H,13H2,1-2H3,(H,22,23,25)/b18-11-. The van der Waals surface area contributed by atoms with Gasteiger partial charge in [-0.05, 0) is 37.1 Å². The van der Waals surface area contributed by atoms with Crippen molar-refractivity contribution in [3.05, 3.63) is 76.1 Å². The maximum atomic E-state index is 12.3. The van der Waals surface area contributed by atoms with Crippen molar-refractivity contribution in [1.82, 2.24) is 9.55 Å². The monoisotopic (exact) mass is 362 g/mol. The summed E-state index contributed by atoms with van der Waals surface area (Å²) in [6.45, 7) is 4.77. The van der Waals surface area contributed by atoms with Crippen LogP contribution in [-0.2, 0) is 11.3 Å². The van der Waals surface area contributed by atoms with E-state index in [-0.39, 0.29) is 5.57 Å². The van der Waals surface area contributed by atoms with Crippen LogP contribution in [0.15, 0.2) is 53.5 Å². The average Bonchev–Trinajstić information content (AvgIpc) is 3.24. The Morgan fingerprint density at radius 1 is 1.35 bits per heavy atom. The molecule has 2 heterocycles. The lowest BCUT2D eigenvalue weighted by molar-refractivity contribution is -0.112. The lowest BCUT2D eigenvalue weighted by Gasteiger charge is -2.09. The number of anilines is 1. The molecule has 2 aromatic heterocycles. The molecule has 0 unspecified atom stereocenters. The predicted octanol–water partition coefficient (Wildman–Crippen LogP) is 4.16. The molecule has 26 heavy (non-hydrogen) atoms. The third kappa shape index (κ3) is 3.90. The minimum absolute atomic E-state index is 0.0557. The molecule has 6 heteroatoms. The molecule has 3 aromatic rings. The number of benzene rings is 1. The highest BCUT2D eigenvalue weighted by molar-refractivity contribution is 7.13. The van der Waals surface area contributed by atoms with Crippen molar-refractivity contribution in [2.75, 3.05) is 5.32 Å². The summed E-state index contributed by atoms with van der Waals surface area (Å²) in [6.07, 6.45) is 3.24. The number of thiazole rings is 1. The zero-order chi connectivity index (χ0) is 18.5. The molecule has 0 bridgehead atoms. The quantitative estimate of drug-likeness (QED) is 0.547. The summed E-state index contributed by atoms with van der Waals surface area (Å²) in [6, 6.07) is 14.2. The van der Waals surface area contributed by atoms with Gasteiger partial charge in [0, 0.05) is 29.5 Å². The highest BCUT2D eigenvalue weighted by Crippen LogP contribution is 2.20. The first-order valence-corrected chi connectivity index (χ1v) is 8.99. The van der Waals surface area contributed by atoms with Crippen LogP contribution in [-0.4, -0.2) is 15.5 Å². The minimum Gasteiger partial charge on any atom is -0.344 e. The van der Waals surface area contributed by atoms with E-state index < -0.39 is 5.91 Å². The zero-order valence-electron chi connectivity index (χ0n) is 14.6. The molecule has 0 aliphatic carbocycles. The van der Waals surface area contributed by atoms with Crippen molar-refractivity contribution < 1.29 is 4.79 Å². The number of carbonyl (C=O) groups excluding carboxylic acids is 1. The van der Waals surface area contributed by atoms with E-state index in [0.29, 0.717) is 5.13 Å². The van der Waals surface area contributed by atoms with Crippen molar-refractivity contribution in [1.29, 1.82) is 5.26 Å². The molecule has 130 valence electrons. The third-order valence-corrected chi connectivity index (χ3v) is 4.80. The number of amides is 1. The second-order valence-corrected chi connectivity index (χ2v) is 6.75. The number of rotatable bonds is 5. The van der Waals surface area contributed by atoms with E-state index in [9.17, 15) is 10.1 Å². The van der Waals surface area contributed by atoms with Crippen LogP contribution in [0.3, 0.4) is 0 Å². The van der Waals surface area contributed by atoms with Crippen LogP contribution in [0.5, 0.6) is 0 Å². The Labute approximate surface area is 156 Å². The van der Waals surface area contributed by atoms with Gasteiger partial charge in [-0.15, -0.1) is 11.3 Å². The summed E-state index contributed by atoms with van der Waals surface area (Å²) in [7, 11) is 0.